The molecule has 0 aliphatic heterocycles. The van der Waals surface area contributed by atoms with E-state index in [2.05, 4.69) is 4.72 Å². The lowest BCUT2D eigenvalue weighted by atomic mass is 10.1. The van der Waals surface area contributed by atoms with Gasteiger partial charge in [0, 0.05) is 6.54 Å². The molecule has 7 heteroatoms. The van der Waals surface area contributed by atoms with Gasteiger partial charge >= 0.3 is 5.97 Å². The summed E-state index contributed by atoms with van der Waals surface area (Å²) in [5.41, 5.74) is 1.10. The summed E-state index contributed by atoms with van der Waals surface area (Å²) >= 11 is 0. The smallest absolute Gasteiger partial charge is 0.335 e. The van der Waals surface area contributed by atoms with Crippen LogP contribution in [0.1, 0.15) is 27.9 Å². The van der Waals surface area contributed by atoms with Crippen molar-refractivity contribution in [1.29, 1.82) is 0 Å². The van der Waals surface area contributed by atoms with E-state index in [1.165, 1.54) is 6.07 Å². The van der Waals surface area contributed by atoms with Gasteiger partial charge in [-0.05, 0) is 58.1 Å². The van der Waals surface area contributed by atoms with Crippen molar-refractivity contribution in [3.8, 4) is 0 Å². The molecule has 0 spiro atoms. The molecule has 1 aromatic carbocycles. The molecule has 0 saturated carbocycles. The summed E-state index contributed by atoms with van der Waals surface area (Å²) in [5, 5.41) is 9.10. The first-order valence-electron chi connectivity index (χ1n) is 6.64. The van der Waals surface area contributed by atoms with Crippen LogP contribution in [0.5, 0.6) is 0 Å². The number of aromatic carboxylic acids is 1. The maximum atomic E-state index is 12.3. The molecule has 0 aliphatic rings. The lowest BCUT2D eigenvalue weighted by molar-refractivity contribution is 0.0696. The molecule has 0 fully saturated rings. The zero-order valence-corrected chi connectivity index (χ0v) is 13.6. The van der Waals surface area contributed by atoms with E-state index in [1.54, 1.807) is 19.9 Å². The standard InChI is InChI=1S/C14H22N2O4S/c1-10-8-11(2)13(9-12(10)14(17)18)21(19,20)15-6-5-7-16(3)4/h8-9,15H,5-7H2,1-4H3,(H,17,18). The fraction of sp³-hybridized carbons (Fsp3) is 0.500. The second kappa shape index (κ2) is 7.02. The van der Waals surface area contributed by atoms with Gasteiger partial charge in [0.1, 0.15) is 0 Å². The molecule has 0 heterocycles. The summed E-state index contributed by atoms with van der Waals surface area (Å²) in [7, 11) is 0.135. The van der Waals surface area contributed by atoms with Crippen LogP contribution in [0.3, 0.4) is 0 Å². The summed E-state index contributed by atoms with van der Waals surface area (Å²) in [5.74, 6) is -1.13. The number of nitrogens with zero attached hydrogens (tertiary/aromatic N) is 1. The van der Waals surface area contributed by atoms with Crippen LogP contribution in [0.4, 0.5) is 0 Å². The number of nitrogens with one attached hydrogen (secondary N) is 1. The van der Waals surface area contributed by atoms with Crippen molar-refractivity contribution >= 4 is 16.0 Å². The maximum absolute atomic E-state index is 12.3. The lowest BCUT2D eigenvalue weighted by Gasteiger charge is -2.13. The molecule has 1 aromatic rings. The van der Waals surface area contributed by atoms with Crippen molar-refractivity contribution in [1.82, 2.24) is 9.62 Å². The van der Waals surface area contributed by atoms with Gasteiger partial charge in [-0.15, -0.1) is 0 Å². The molecule has 0 atom stereocenters. The fourth-order valence-electron chi connectivity index (χ4n) is 2.03. The van der Waals surface area contributed by atoms with E-state index in [0.29, 0.717) is 24.1 Å². The van der Waals surface area contributed by atoms with E-state index < -0.39 is 16.0 Å². The predicted molar refractivity (Wildman–Crippen MR) is 81.2 cm³/mol. The summed E-state index contributed by atoms with van der Waals surface area (Å²) in [6.07, 6.45) is 0.683. The van der Waals surface area contributed by atoms with Crippen LogP contribution >= 0.6 is 0 Å². The molecule has 0 saturated heterocycles. The van der Waals surface area contributed by atoms with E-state index in [1.807, 2.05) is 19.0 Å². The van der Waals surface area contributed by atoms with Crippen LogP contribution in [0.2, 0.25) is 0 Å². The topological polar surface area (TPSA) is 86.7 Å². The van der Waals surface area contributed by atoms with Gasteiger partial charge in [0.25, 0.3) is 0 Å². The predicted octanol–water partition coefficient (Wildman–Crippen LogP) is 1.23. The lowest BCUT2D eigenvalue weighted by Crippen LogP contribution is -2.28. The van der Waals surface area contributed by atoms with Crippen molar-refractivity contribution < 1.29 is 18.3 Å². The number of aryl methyl sites for hydroxylation is 2. The van der Waals surface area contributed by atoms with Gasteiger partial charge in [0.2, 0.25) is 10.0 Å². The molecule has 6 nitrogen and oxygen atoms in total. The second-order valence-corrected chi connectivity index (χ2v) is 7.03. The molecular weight excluding hydrogens is 292 g/mol. The molecule has 21 heavy (non-hydrogen) atoms. The monoisotopic (exact) mass is 314 g/mol. The van der Waals surface area contributed by atoms with Gasteiger partial charge in [0.05, 0.1) is 10.5 Å². The Morgan fingerprint density at radius 2 is 1.86 bits per heavy atom. The number of carboxylic acids is 1. The quantitative estimate of drug-likeness (QED) is 0.739. The number of carboxylic acid groups (broad SMARTS) is 1. The van der Waals surface area contributed by atoms with Crippen molar-refractivity contribution in [2.45, 2.75) is 25.2 Å². The largest absolute Gasteiger partial charge is 0.478 e. The molecule has 0 unspecified atom stereocenters. The van der Waals surface area contributed by atoms with E-state index in [0.717, 1.165) is 6.54 Å². The van der Waals surface area contributed by atoms with Gasteiger partial charge in [-0.2, -0.15) is 0 Å². The Morgan fingerprint density at radius 3 is 2.38 bits per heavy atom. The van der Waals surface area contributed by atoms with E-state index in [-0.39, 0.29) is 10.5 Å². The normalized spacial score (nSPS) is 11.9. The van der Waals surface area contributed by atoms with Crippen LogP contribution in [-0.4, -0.2) is 51.6 Å². The Morgan fingerprint density at radius 1 is 1.24 bits per heavy atom. The van der Waals surface area contributed by atoms with E-state index >= 15 is 0 Å². The van der Waals surface area contributed by atoms with Gasteiger partial charge in [-0.25, -0.2) is 17.9 Å². The second-order valence-electron chi connectivity index (χ2n) is 5.29. The van der Waals surface area contributed by atoms with Crippen LogP contribution in [-0.2, 0) is 10.0 Å². The highest BCUT2D eigenvalue weighted by Gasteiger charge is 2.20. The summed E-state index contributed by atoms with van der Waals surface area (Å²) in [4.78, 5) is 13.1. The van der Waals surface area contributed by atoms with Crippen molar-refractivity contribution in [3.05, 3.63) is 28.8 Å². The van der Waals surface area contributed by atoms with E-state index in [4.69, 9.17) is 5.11 Å². The Bertz CT molecular complexity index is 624. The highest BCUT2D eigenvalue weighted by atomic mass is 32.2. The number of hydrogen-bond acceptors (Lipinski definition) is 4. The van der Waals surface area contributed by atoms with Gasteiger partial charge in [-0.1, -0.05) is 6.07 Å². The van der Waals surface area contributed by atoms with Crippen LogP contribution in [0.15, 0.2) is 17.0 Å². The molecule has 118 valence electrons. The first kappa shape index (κ1) is 17.6. The minimum Gasteiger partial charge on any atom is -0.478 e. The Balaban J connectivity index is 2.97. The summed E-state index contributed by atoms with van der Waals surface area (Å²) in [6, 6.07) is 2.80. The Hall–Kier alpha value is -1.44. The third-order valence-corrected chi connectivity index (χ3v) is 4.72. The first-order valence-corrected chi connectivity index (χ1v) is 8.12. The maximum Gasteiger partial charge on any atom is 0.335 e. The SMILES string of the molecule is Cc1cc(C)c(S(=O)(=O)NCCCN(C)C)cc1C(=O)O. The fourth-order valence-corrected chi connectivity index (χ4v) is 3.36. The van der Waals surface area contributed by atoms with Crippen molar-refractivity contribution in [3.63, 3.8) is 0 Å². The Labute approximate surface area is 125 Å². The highest BCUT2D eigenvalue weighted by Crippen LogP contribution is 2.20. The van der Waals surface area contributed by atoms with Gasteiger partial charge < -0.3 is 10.0 Å². The van der Waals surface area contributed by atoms with Crippen LogP contribution < -0.4 is 4.72 Å². The highest BCUT2D eigenvalue weighted by molar-refractivity contribution is 7.89. The number of hydrogen-bond donors (Lipinski definition) is 2. The number of rotatable bonds is 7. The molecule has 0 aromatic heterocycles. The number of carbonyl (C=O) groups is 1. The van der Waals surface area contributed by atoms with Gasteiger partial charge in [0.15, 0.2) is 0 Å². The van der Waals surface area contributed by atoms with Crippen molar-refractivity contribution in [2.24, 2.45) is 0 Å². The van der Waals surface area contributed by atoms with Crippen molar-refractivity contribution in [2.75, 3.05) is 27.2 Å². The minimum atomic E-state index is -3.69. The number of benzene rings is 1. The summed E-state index contributed by atoms with van der Waals surface area (Å²) in [6.45, 7) is 4.40. The molecule has 0 aliphatic carbocycles. The zero-order chi connectivity index (χ0) is 16.2. The third-order valence-electron chi connectivity index (χ3n) is 3.12. The third kappa shape index (κ3) is 4.80. The minimum absolute atomic E-state index is 0.00858. The summed E-state index contributed by atoms with van der Waals surface area (Å²) < 4.78 is 27.0. The molecular formula is C14H22N2O4S. The molecule has 2 N–H and O–H groups in total. The van der Waals surface area contributed by atoms with Crippen LogP contribution in [0, 0.1) is 13.8 Å². The average Bonchev–Trinajstić information content (AvgIpc) is 2.33. The average molecular weight is 314 g/mol. The zero-order valence-electron chi connectivity index (χ0n) is 12.8. The number of sulfonamides is 1. The van der Waals surface area contributed by atoms with Gasteiger partial charge in [-0.3, -0.25) is 0 Å². The molecule has 1 rings (SSSR count). The molecule has 0 amide bonds. The van der Waals surface area contributed by atoms with E-state index in [9.17, 15) is 13.2 Å². The van der Waals surface area contributed by atoms with Crippen LogP contribution in [0.25, 0.3) is 0 Å². The first-order chi connectivity index (χ1) is 9.65. The molecule has 0 radical (unpaired) electrons. The molecule has 0 bridgehead atoms. The Kier molecular flexibility index (Phi) is 5.88.